The van der Waals surface area contributed by atoms with E-state index in [0.29, 0.717) is 0 Å². The van der Waals surface area contributed by atoms with E-state index in [1.807, 2.05) is 20.8 Å². The lowest BCUT2D eigenvalue weighted by Gasteiger charge is -2.22. The summed E-state index contributed by atoms with van der Waals surface area (Å²) in [6, 6.07) is 0.0456. The van der Waals surface area contributed by atoms with Crippen LogP contribution in [-0.2, 0) is 4.79 Å². The normalized spacial score (nSPS) is 24.1. The highest BCUT2D eigenvalue weighted by Gasteiger charge is 2.24. The second-order valence-corrected chi connectivity index (χ2v) is 4.39. The molecule has 0 aromatic heterocycles. The fraction of sp³-hybridized carbons (Fsp3) is 0.889. The van der Waals surface area contributed by atoms with Crippen LogP contribution in [0.4, 0.5) is 0 Å². The van der Waals surface area contributed by atoms with E-state index in [1.54, 1.807) is 0 Å². The molecule has 1 fully saturated rings. The largest absolute Gasteiger partial charge is 0.350 e. The molecule has 3 nitrogen and oxygen atoms in total. The smallest absolute Gasteiger partial charge is 0.237 e. The molecule has 1 rings (SSSR count). The van der Waals surface area contributed by atoms with Crippen LogP contribution in [0.25, 0.3) is 0 Å². The van der Waals surface area contributed by atoms with Crippen molar-refractivity contribution in [3.63, 3.8) is 0 Å². The number of nitrogens with one attached hydrogen (secondary N) is 2. The van der Waals surface area contributed by atoms with E-state index in [9.17, 15) is 4.79 Å². The lowest BCUT2D eigenvalue weighted by molar-refractivity contribution is -0.124. The van der Waals surface area contributed by atoms with Gasteiger partial charge in [-0.2, -0.15) is 0 Å². The first-order valence-corrected chi connectivity index (χ1v) is 4.54. The third-order valence-electron chi connectivity index (χ3n) is 1.88. The molecule has 1 aliphatic rings. The molecule has 0 spiro atoms. The Labute approximate surface area is 73.9 Å². The molecule has 0 aromatic rings. The van der Waals surface area contributed by atoms with Crippen LogP contribution in [-0.4, -0.2) is 24.0 Å². The third-order valence-corrected chi connectivity index (χ3v) is 1.88. The first-order chi connectivity index (χ1) is 5.49. The zero-order valence-electron chi connectivity index (χ0n) is 8.11. The summed E-state index contributed by atoms with van der Waals surface area (Å²) in [5.74, 6) is 0.139. The summed E-state index contributed by atoms with van der Waals surface area (Å²) in [7, 11) is 0. The van der Waals surface area contributed by atoms with E-state index in [4.69, 9.17) is 0 Å². The molecule has 2 N–H and O–H groups in total. The lowest BCUT2D eigenvalue weighted by atomic mass is 10.1. The van der Waals surface area contributed by atoms with Crippen LogP contribution in [0.3, 0.4) is 0 Å². The standard InChI is InChI=1S/C9H18N2O/c1-9(2,3)11-8(12)7-5-4-6-10-7/h7,10H,4-6H2,1-3H3,(H,11,12)/t7-/m0/s1. The first-order valence-electron chi connectivity index (χ1n) is 4.54. The Hall–Kier alpha value is -0.570. The van der Waals surface area contributed by atoms with Gasteiger partial charge in [0.05, 0.1) is 6.04 Å². The van der Waals surface area contributed by atoms with E-state index >= 15 is 0 Å². The summed E-state index contributed by atoms with van der Waals surface area (Å²) >= 11 is 0. The first kappa shape index (κ1) is 9.52. The molecule has 1 heterocycles. The van der Waals surface area contributed by atoms with Crippen LogP contribution in [0, 0.1) is 0 Å². The SMILES string of the molecule is CC(C)(C)NC(=O)[C@@H]1CCCN1. The van der Waals surface area contributed by atoms with Gasteiger partial charge < -0.3 is 10.6 Å². The van der Waals surface area contributed by atoms with Gasteiger partial charge in [0.15, 0.2) is 0 Å². The Balaban J connectivity index is 2.37. The monoisotopic (exact) mass is 170 g/mol. The minimum Gasteiger partial charge on any atom is -0.350 e. The molecular formula is C9H18N2O. The van der Waals surface area contributed by atoms with Crippen LogP contribution >= 0.6 is 0 Å². The van der Waals surface area contributed by atoms with Crippen molar-refractivity contribution in [2.24, 2.45) is 0 Å². The molecule has 70 valence electrons. The highest BCUT2D eigenvalue weighted by atomic mass is 16.2. The summed E-state index contributed by atoms with van der Waals surface area (Å²) in [5.41, 5.74) is -0.110. The Morgan fingerprint density at radius 2 is 2.17 bits per heavy atom. The predicted molar refractivity (Wildman–Crippen MR) is 48.9 cm³/mol. The van der Waals surface area contributed by atoms with Gasteiger partial charge in [0.1, 0.15) is 0 Å². The molecule has 0 unspecified atom stereocenters. The summed E-state index contributed by atoms with van der Waals surface area (Å²) < 4.78 is 0. The highest BCUT2D eigenvalue weighted by Crippen LogP contribution is 2.07. The second kappa shape index (κ2) is 3.44. The van der Waals surface area contributed by atoms with Gasteiger partial charge in [-0.1, -0.05) is 0 Å². The molecule has 0 aromatic carbocycles. The molecule has 1 amide bonds. The van der Waals surface area contributed by atoms with E-state index < -0.39 is 0 Å². The zero-order chi connectivity index (χ0) is 9.19. The Bertz CT molecular complexity index is 166. The van der Waals surface area contributed by atoms with Gasteiger partial charge in [0, 0.05) is 5.54 Å². The molecule has 0 saturated carbocycles. The van der Waals surface area contributed by atoms with Gasteiger partial charge in [0.2, 0.25) is 5.91 Å². The van der Waals surface area contributed by atoms with Gasteiger partial charge in [-0.15, -0.1) is 0 Å². The second-order valence-electron chi connectivity index (χ2n) is 4.39. The minimum atomic E-state index is -0.110. The van der Waals surface area contributed by atoms with E-state index in [-0.39, 0.29) is 17.5 Å². The molecule has 0 radical (unpaired) electrons. The van der Waals surface area contributed by atoms with Crippen LogP contribution in [0.15, 0.2) is 0 Å². The van der Waals surface area contributed by atoms with E-state index in [1.165, 1.54) is 0 Å². The van der Waals surface area contributed by atoms with Crippen molar-refractivity contribution in [1.82, 2.24) is 10.6 Å². The van der Waals surface area contributed by atoms with Crippen LogP contribution in [0.1, 0.15) is 33.6 Å². The number of hydrogen-bond acceptors (Lipinski definition) is 2. The van der Waals surface area contributed by atoms with Crippen molar-refractivity contribution >= 4 is 5.91 Å². The summed E-state index contributed by atoms with van der Waals surface area (Å²) in [4.78, 5) is 11.5. The van der Waals surface area contributed by atoms with Gasteiger partial charge in [-0.25, -0.2) is 0 Å². The van der Waals surface area contributed by atoms with Crippen molar-refractivity contribution in [3.8, 4) is 0 Å². The summed E-state index contributed by atoms with van der Waals surface area (Å²) in [6.07, 6.45) is 2.09. The van der Waals surface area contributed by atoms with Crippen molar-refractivity contribution in [2.45, 2.75) is 45.2 Å². The van der Waals surface area contributed by atoms with Gasteiger partial charge in [-0.05, 0) is 40.2 Å². The van der Waals surface area contributed by atoms with Gasteiger partial charge in [0.25, 0.3) is 0 Å². The molecule has 1 saturated heterocycles. The maximum atomic E-state index is 11.5. The zero-order valence-corrected chi connectivity index (χ0v) is 8.11. The number of hydrogen-bond donors (Lipinski definition) is 2. The highest BCUT2D eigenvalue weighted by molar-refractivity contribution is 5.82. The Morgan fingerprint density at radius 3 is 2.58 bits per heavy atom. The fourth-order valence-electron chi connectivity index (χ4n) is 1.37. The van der Waals surface area contributed by atoms with Crippen LogP contribution in [0.2, 0.25) is 0 Å². The summed E-state index contributed by atoms with van der Waals surface area (Å²) in [5, 5.41) is 6.13. The van der Waals surface area contributed by atoms with Crippen molar-refractivity contribution in [1.29, 1.82) is 0 Å². The van der Waals surface area contributed by atoms with Gasteiger partial charge in [-0.3, -0.25) is 4.79 Å². The van der Waals surface area contributed by atoms with Gasteiger partial charge >= 0.3 is 0 Å². The molecule has 0 bridgehead atoms. The number of rotatable bonds is 1. The van der Waals surface area contributed by atoms with Crippen molar-refractivity contribution < 1.29 is 4.79 Å². The van der Waals surface area contributed by atoms with E-state index in [0.717, 1.165) is 19.4 Å². The minimum absolute atomic E-state index is 0.0456. The topological polar surface area (TPSA) is 41.1 Å². The molecule has 12 heavy (non-hydrogen) atoms. The Morgan fingerprint density at radius 1 is 1.50 bits per heavy atom. The van der Waals surface area contributed by atoms with Crippen molar-refractivity contribution in [2.75, 3.05) is 6.54 Å². The van der Waals surface area contributed by atoms with Crippen molar-refractivity contribution in [3.05, 3.63) is 0 Å². The molecular weight excluding hydrogens is 152 g/mol. The number of carbonyl (C=O) groups is 1. The summed E-state index contributed by atoms with van der Waals surface area (Å²) in [6.45, 7) is 6.97. The molecule has 1 atom stereocenters. The maximum absolute atomic E-state index is 11.5. The molecule has 3 heteroatoms. The van der Waals surface area contributed by atoms with E-state index in [2.05, 4.69) is 10.6 Å². The molecule has 1 aliphatic heterocycles. The average Bonchev–Trinajstić information content (AvgIpc) is 2.32. The fourth-order valence-corrected chi connectivity index (χ4v) is 1.37. The maximum Gasteiger partial charge on any atom is 0.237 e. The molecule has 0 aliphatic carbocycles. The average molecular weight is 170 g/mol. The quantitative estimate of drug-likeness (QED) is 0.607. The number of carbonyl (C=O) groups excluding carboxylic acids is 1. The third kappa shape index (κ3) is 2.81. The lowest BCUT2D eigenvalue weighted by Crippen LogP contribution is -2.48. The van der Waals surface area contributed by atoms with Crippen LogP contribution < -0.4 is 10.6 Å². The van der Waals surface area contributed by atoms with Crippen LogP contribution in [0.5, 0.6) is 0 Å². The number of amides is 1. The Kier molecular flexibility index (Phi) is 2.73. The predicted octanol–water partition coefficient (Wildman–Crippen LogP) is 0.653.